The van der Waals surface area contributed by atoms with Crippen LogP contribution in [0.4, 0.5) is 4.39 Å². The Morgan fingerprint density at radius 1 is 1.00 bits per heavy atom. The Kier molecular flexibility index (Phi) is 6.36. The molecule has 3 aromatic carbocycles. The van der Waals surface area contributed by atoms with Gasteiger partial charge in [0.25, 0.3) is 0 Å². The molecule has 7 heteroatoms. The van der Waals surface area contributed by atoms with Gasteiger partial charge in [0.2, 0.25) is 0 Å². The molecule has 1 aromatic heterocycles. The van der Waals surface area contributed by atoms with Crippen molar-refractivity contribution in [2.45, 2.75) is 19.8 Å². The van der Waals surface area contributed by atoms with Crippen LogP contribution in [0.1, 0.15) is 30.9 Å². The van der Waals surface area contributed by atoms with Gasteiger partial charge in [0.05, 0.1) is 29.2 Å². The van der Waals surface area contributed by atoms with E-state index in [1.165, 1.54) is 30.3 Å². The van der Waals surface area contributed by atoms with E-state index < -0.39 is 23.3 Å². The molecule has 2 heterocycles. The summed E-state index contributed by atoms with van der Waals surface area (Å²) in [5.41, 5.74) is 1.52. The minimum absolute atomic E-state index is 0.0574. The van der Waals surface area contributed by atoms with Gasteiger partial charge in [-0.25, -0.2) is 14.0 Å². The summed E-state index contributed by atoms with van der Waals surface area (Å²) in [5, 5.41) is 9.88. The number of ether oxygens (including phenoxy) is 2. The first-order valence-electron chi connectivity index (χ1n) is 11.8. The summed E-state index contributed by atoms with van der Waals surface area (Å²) in [4.78, 5) is 26.7. The van der Waals surface area contributed by atoms with Crippen molar-refractivity contribution in [2.75, 3.05) is 6.61 Å². The van der Waals surface area contributed by atoms with Gasteiger partial charge in [0.15, 0.2) is 0 Å². The van der Waals surface area contributed by atoms with Gasteiger partial charge in [-0.1, -0.05) is 54.6 Å². The fourth-order valence-electron chi connectivity index (χ4n) is 4.61. The first kappa shape index (κ1) is 24.1. The van der Waals surface area contributed by atoms with Crippen LogP contribution < -0.4 is 10.4 Å². The van der Waals surface area contributed by atoms with Crippen molar-refractivity contribution in [1.29, 1.82) is 0 Å². The Morgan fingerprint density at radius 2 is 1.73 bits per heavy atom. The van der Waals surface area contributed by atoms with Crippen LogP contribution >= 0.6 is 0 Å². The van der Waals surface area contributed by atoms with Gasteiger partial charge < -0.3 is 19.0 Å². The third-order valence-electron chi connectivity index (χ3n) is 6.19. The van der Waals surface area contributed by atoms with Gasteiger partial charge in [-0.05, 0) is 49.2 Å². The molecule has 1 atom stereocenters. The molecule has 1 unspecified atom stereocenters. The number of allylic oxidation sites excluding steroid dienone is 1. The highest BCUT2D eigenvalue weighted by Gasteiger charge is 2.40. The lowest BCUT2D eigenvalue weighted by Crippen LogP contribution is -2.28. The van der Waals surface area contributed by atoms with Crippen LogP contribution in [-0.2, 0) is 9.53 Å². The molecule has 0 aliphatic carbocycles. The fraction of sp³-hybridized carbons (Fsp3) is 0.133. The first-order chi connectivity index (χ1) is 17.9. The van der Waals surface area contributed by atoms with E-state index in [0.717, 1.165) is 0 Å². The van der Waals surface area contributed by atoms with Gasteiger partial charge >= 0.3 is 11.6 Å². The second-order valence-corrected chi connectivity index (χ2v) is 8.53. The van der Waals surface area contributed by atoms with E-state index in [2.05, 4.69) is 0 Å². The second kappa shape index (κ2) is 9.78. The van der Waals surface area contributed by atoms with Crippen molar-refractivity contribution in [2.24, 2.45) is 0 Å². The highest BCUT2D eigenvalue weighted by molar-refractivity contribution is 5.94. The van der Waals surface area contributed by atoms with Gasteiger partial charge in [-0.2, -0.15) is 0 Å². The Labute approximate surface area is 212 Å². The largest absolute Gasteiger partial charge is 0.508 e. The van der Waals surface area contributed by atoms with Crippen molar-refractivity contribution >= 4 is 5.97 Å². The van der Waals surface area contributed by atoms with Crippen molar-refractivity contribution in [3.63, 3.8) is 0 Å². The van der Waals surface area contributed by atoms with Crippen LogP contribution in [0.15, 0.2) is 99.4 Å². The number of halogens is 1. The zero-order valence-corrected chi connectivity index (χ0v) is 20.2. The minimum Gasteiger partial charge on any atom is -0.508 e. The number of phenols is 1. The lowest BCUT2D eigenvalue weighted by atomic mass is 9.81. The summed E-state index contributed by atoms with van der Waals surface area (Å²) in [7, 11) is 0. The van der Waals surface area contributed by atoms with Crippen LogP contribution in [0.25, 0.3) is 22.5 Å². The maximum absolute atomic E-state index is 14.4. The number of fused-ring (bicyclic) bond motifs is 1. The predicted molar refractivity (Wildman–Crippen MR) is 136 cm³/mol. The molecule has 0 bridgehead atoms. The monoisotopic (exact) mass is 498 g/mol. The second-order valence-electron chi connectivity index (χ2n) is 8.53. The maximum atomic E-state index is 14.4. The van der Waals surface area contributed by atoms with Gasteiger partial charge in [0.1, 0.15) is 28.8 Å². The topological polar surface area (TPSA) is 86.0 Å². The third kappa shape index (κ3) is 4.40. The zero-order chi connectivity index (χ0) is 26.1. The summed E-state index contributed by atoms with van der Waals surface area (Å²) in [6.07, 6.45) is 0. The van der Waals surface area contributed by atoms with Crippen molar-refractivity contribution in [3.8, 4) is 33.9 Å². The normalized spacial score (nSPS) is 14.6. The average Bonchev–Trinajstić information content (AvgIpc) is 2.89. The molecule has 0 saturated heterocycles. The van der Waals surface area contributed by atoms with E-state index in [9.17, 15) is 19.1 Å². The molecular formula is C30H23FO6. The number of hydrogen-bond acceptors (Lipinski definition) is 6. The molecule has 0 saturated carbocycles. The van der Waals surface area contributed by atoms with Crippen LogP contribution in [0, 0.1) is 5.82 Å². The van der Waals surface area contributed by atoms with E-state index in [0.29, 0.717) is 22.3 Å². The van der Waals surface area contributed by atoms with E-state index in [1.807, 2.05) is 18.2 Å². The molecule has 5 rings (SSSR count). The molecule has 0 spiro atoms. The number of benzene rings is 3. The number of carbonyl (C=O) groups excluding carboxylic acids is 1. The van der Waals surface area contributed by atoms with Gasteiger partial charge in [-0.3, -0.25) is 0 Å². The molecule has 1 N–H and O–H groups in total. The van der Waals surface area contributed by atoms with Crippen LogP contribution in [0.3, 0.4) is 0 Å². The lowest BCUT2D eigenvalue weighted by molar-refractivity contribution is -0.139. The maximum Gasteiger partial charge on any atom is 0.344 e. The van der Waals surface area contributed by atoms with Crippen LogP contribution in [-0.4, -0.2) is 17.7 Å². The number of rotatable bonds is 5. The SMILES string of the molecule is CCOC(=O)C1=C(C)Oc2c(-c3ccc(O)cc3)c(-c3ccccc3)oc(=O)c2C1c1cccc(F)c1. The molecule has 0 radical (unpaired) electrons. The van der Waals surface area contributed by atoms with Gasteiger partial charge in [0, 0.05) is 5.56 Å². The zero-order valence-electron chi connectivity index (χ0n) is 20.2. The molecule has 0 fully saturated rings. The van der Waals surface area contributed by atoms with E-state index >= 15 is 0 Å². The Balaban J connectivity index is 1.87. The van der Waals surface area contributed by atoms with Crippen LogP contribution in [0.5, 0.6) is 11.5 Å². The predicted octanol–water partition coefficient (Wildman–Crippen LogP) is 6.18. The van der Waals surface area contributed by atoms with Crippen molar-refractivity contribution in [3.05, 3.63) is 118 Å². The highest BCUT2D eigenvalue weighted by atomic mass is 19.1. The van der Waals surface area contributed by atoms with E-state index in [-0.39, 0.29) is 40.8 Å². The van der Waals surface area contributed by atoms with Crippen molar-refractivity contribution < 1.29 is 28.2 Å². The number of carbonyl (C=O) groups is 1. The fourth-order valence-corrected chi connectivity index (χ4v) is 4.61. The summed E-state index contributed by atoms with van der Waals surface area (Å²) >= 11 is 0. The molecule has 0 amide bonds. The Hall–Kier alpha value is -4.65. The smallest absolute Gasteiger partial charge is 0.344 e. The van der Waals surface area contributed by atoms with Gasteiger partial charge in [-0.15, -0.1) is 0 Å². The average molecular weight is 499 g/mol. The first-order valence-corrected chi connectivity index (χ1v) is 11.8. The summed E-state index contributed by atoms with van der Waals surface area (Å²) < 4.78 is 31.8. The quantitative estimate of drug-likeness (QED) is 0.331. The lowest BCUT2D eigenvalue weighted by Gasteiger charge is -2.30. The number of esters is 1. The highest BCUT2D eigenvalue weighted by Crippen LogP contribution is 2.49. The molecule has 4 aromatic rings. The minimum atomic E-state index is -0.990. The summed E-state index contributed by atoms with van der Waals surface area (Å²) in [6.45, 7) is 3.39. The third-order valence-corrected chi connectivity index (χ3v) is 6.19. The van der Waals surface area contributed by atoms with Crippen LogP contribution in [0.2, 0.25) is 0 Å². The number of aromatic hydroxyl groups is 1. The number of hydrogen-bond donors (Lipinski definition) is 1. The molecule has 1 aliphatic heterocycles. The Bertz CT molecular complexity index is 1570. The number of phenolic OH excluding ortho intramolecular Hbond substituents is 1. The summed E-state index contributed by atoms with van der Waals surface area (Å²) in [5.74, 6) is -1.43. The molecule has 1 aliphatic rings. The molecule has 37 heavy (non-hydrogen) atoms. The Morgan fingerprint density at radius 3 is 2.41 bits per heavy atom. The molecule has 6 nitrogen and oxygen atoms in total. The standard InChI is InChI=1S/C30H23FO6/c1-3-35-29(33)23-17(2)36-28-25(18-12-14-22(32)15-13-18)27(19-8-5-4-6-9-19)37-30(34)26(28)24(23)20-10-7-11-21(31)16-20/h4-16,24,32H,3H2,1-2H3. The molecule has 186 valence electrons. The van der Waals surface area contributed by atoms with Crippen molar-refractivity contribution in [1.82, 2.24) is 0 Å². The van der Waals surface area contributed by atoms with E-state index in [1.54, 1.807) is 44.2 Å². The molecular weight excluding hydrogens is 475 g/mol. The van der Waals surface area contributed by atoms with E-state index in [4.69, 9.17) is 13.9 Å². The summed E-state index contributed by atoms with van der Waals surface area (Å²) in [6, 6.07) is 21.2.